The molecule has 2 aromatic rings. The Morgan fingerprint density at radius 3 is 2.00 bits per heavy atom. The number of thiocarbonyl (C=S) groups is 1. The number of rotatable bonds is 5. The minimum Gasteiger partial charge on any atom is -0.497 e. The Morgan fingerprint density at radius 2 is 1.52 bits per heavy atom. The molecule has 0 aliphatic rings. The van der Waals surface area contributed by atoms with E-state index >= 15 is 0 Å². The molecule has 120 valence electrons. The van der Waals surface area contributed by atoms with Gasteiger partial charge >= 0.3 is 5.97 Å². The van der Waals surface area contributed by atoms with Crippen LogP contribution in [0.15, 0.2) is 48.5 Å². The molecule has 0 aromatic heterocycles. The number of hydrogen-bond donors (Lipinski definition) is 2. The topological polar surface area (TPSA) is 59.6 Å². The molecule has 5 nitrogen and oxygen atoms in total. The van der Waals surface area contributed by atoms with E-state index in [0.717, 1.165) is 17.1 Å². The lowest BCUT2D eigenvalue weighted by Crippen LogP contribution is -2.19. The highest BCUT2D eigenvalue weighted by atomic mass is 32.1. The van der Waals surface area contributed by atoms with Crippen LogP contribution >= 0.6 is 12.2 Å². The van der Waals surface area contributed by atoms with Crippen molar-refractivity contribution in [3.63, 3.8) is 0 Å². The Balaban J connectivity index is 1.93. The van der Waals surface area contributed by atoms with Crippen LogP contribution < -0.4 is 15.4 Å². The molecule has 2 rings (SSSR count). The summed E-state index contributed by atoms with van der Waals surface area (Å²) in [5, 5.41) is 6.58. The third-order valence-corrected chi connectivity index (χ3v) is 3.21. The van der Waals surface area contributed by atoms with Gasteiger partial charge in [0.05, 0.1) is 19.3 Å². The molecule has 0 aliphatic heterocycles. The summed E-state index contributed by atoms with van der Waals surface area (Å²) < 4.78 is 10.0. The minimum atomic E-state index is -0.335. The monoisotopic (exact) mass is 330 g/mol. The summed E-state index contributed by atoms with van der Waals surface area (Å²) in [4.78, 5) is 11.6. The van der Waals surface area contributed by atoms with Gasteiger partial charge < -0.3 is 20.1 Å². The summed E-state index contributed by atoms with van der Waals surface area (Å²) >= 11 is 5.26. The summed E-state index contributed by atoms with van der Waals surface area (Å²) in [6, 6.07) is 14.4. The van der Waals surface area contributed by atoms with Gasteiger partial charge in [0, 0.05) is 11.4 Å². The molecule has 0 atom stereocenters. The molecule has 0 heterocycles. The number of hydrogen-bond acceptors (Lipinski definition) is 4. The normalized spacial score (nSPS) is 9.83. The Labute approximate surface area is 140 Å². The minimum absolute atomic E-state index is 0.335. The van der Waals surface area contributed by atoms with E-state index in [9.17, 15) is 4.79 Å². The van der Waals surface area contributed by atoms with Crippen LogP contribution in [0, 0.1) is 0 Å². The smallest absolute Gasteiger partial charge is 0.338 e. The predicted molar refractivity (Wildman–Crippen MR) is 95.2 cm³/mol. The predicted octanol–water partition coefficient (Wildman–Crippen LogP) is 3.68. The van der Waals surface area contributed by atoms with Gasteiger partial charge in [0.1, 0.15) is 5.75 Å². The van der Waals surface area contributed by atoms with Gasteiger partial charge in [-0.2, -0.15) is 0 Å². The second-order valence-electron chi connectivity index (χ2n) is 4.61. The fraction of sp³-hybridized carbons (Fsp3) is 0.176. The number of methoxy groups -OCH3 is 1. The Bertz CT molecular complexity index is 669. The molecule has 2 aromatic carbocycles. The summed E-state index contributed by atoms with van der Waals surface area (Å²) in [7, 11) is 1.62. The Kier molecular flexibility index (Phi) is 5.94. The molecule has 6 heteroatoms. The molecule has 0 unspecified atom stereocenters. The highest BCUT2D eigenvalue weighted by molar-refractivity contribution is 7.80. The number of anilines is 2. The number of benzene rings is 2. The van der Waals surface area contributed by atoms with E-state index in [-0.39, 0.29) is 5.97 Å². The summed E-state index contributed by atoms with van der Waals surface area (Å²) in [6.07, 6.45) is 0. The van der Waals surface area contributed by atoms with Crippen LogP contribution in [0.3, 0.4) is 0 Å². The lowest BCUT2D eigenvalue weighted by molar-refractivity contribution is 0.0526. The average molecular weight is 330 g/mol. The molecule has 0 saturated heterocycles. The van der Waals surface area contributed by atoms with Crippen molar-refractivity contribution in [2.75, 3.05) is 24.4 Å². The number of nitrogens with one attached hydrogen (secondary N) is 2. The second kappa shape index (κ2) is 8.14. The SMILES string of the molecule is CCOC(=O)c1ccc(NC(=S)Nc2ccc(OC)cc2)cc1. The molecule has 0 saturated carbocycles. The largest absolute Gasteiger partial charge is 0.497 e. The maximum atomic E-state index is 11.6. The van der Waals surface area contributed by atoms with Crippen LogP contribution in [0.1, 0.15) is 17.3 Å². The Hall–Kier alpha value is -2.60. The van der Waals surface area contributed by atoms with Crippen LogP contribution in [0.2, 0.25) is 0 Å². The summed E-state index contributed by atoms with van der Waals surface area (Å²) in [5.74, 6) is 0.446. The third kappa shape index (κ3) is 4.96. The molecule has 23 heavy (non-hydrogen) atoms. The molecule has 0 fully saturated rings. The van der Waals surface area contributed by atoms with E-state index in [1.165, 1.54) is 0 Å². The lowest BCUT2D eigenvalue weighted by atomic mass is 10.2. The second-order valence-corrected chi connectivity index (χ2v) is 5.01. The number of carbonyl (C=O) groups is 1. The van der Waals surface area contributed by atoms with Crippen LogP contribution in [-0.4, -0.2) is 24.8 Å². The van der Waals surface area contributed by atoms with Crippen molar-refractivity contribution in [2.45, 2.75) is 6.92 Å². The van der Waals surface area contributed by atoms with Gasteiger partial charge in [-0.05, 0) is 67.7 Å². The van der Waals surface area contributed by atoms with E-state index in [1.807, 2.05) is 24.3 Å². The van der Waals surface area contributed by atoms with Gasteiger partial charge in [0.2, 0.25) is 0 Å². The number of carbonyl (C=O) groups excluding carboxylic acids is 1. The zero-order valence-corrected chi connectivity index (χ0v) is 13.8. The number of ether oxygens (including phenoxy) is 2. The number of esters is 1. The summed E-state index contributed by atoms with van der Waals surface area (Å²) in [6.45, 7) is 2.13. The zero-order valence-electron chi connectivity index (χ0n) is 13.0. The van der Waals surface area contributed by atoms with E-state index in [1.54, 1.807) is 38.3 Å². The standard InChI is InChI=1S/C17H18N2O3S/c1-3-22-16(20)12-4-6-13(7-5-12)18-17(23)19-14-8-10-15(21-2)11-9-14/h4-11H,3H2,1-2H3,(H2,18,19,23). The fourth-order valence-electron chi connectivity index (χ4n) is 1.87. The summed E-state index contributed by atoms with van der Waals surface area (Å²) in [5.41, 5.74) is 2.14. The van der Waals surface area contributed by atoms with Crippen molar-refractivity contribution in [1.82, 2.24) is 0 Å². The van der Waals surface area contributed by atoms with Gasteiger partial charge in [-0.25, -0.2) is 4.79 Å². The highest BCUT2D eigenvalue weighted by Gasteiger charge is 2.06. The molecule has 0 radical (unpaired) electrons. The van der Waals surface area contributed by atoms with Gasteiger partial charge in [-0.3, -0.25) is 0 Å². The van der Waals surface area contributed by atoms with Crippen LogP contribution in [0.4, 0.5) is 11.4 Å². The van der Waals surface area contributed by atoms with Crippen molar-refractivity contribution in [1.29, 1.82) is 0 Å². The highest BCUT2D eigenvalue weighted by Crippen LogP contribution is 2.16. The van der Waals surface area contributed by atoms with E-state index < -0.39 is 0 Å². The van der Waals surface area contributed by atoms with Crippen molar-refractivity contribution >= 4 is 34.7 Å². The molecule has 0 amide bonds. The van der Waals surface area contributed by atoms with Gasteiger partial charge in [0.25, 0.3) is 0 Å². The molecule has 0 aliphatic carbocycles. The van der Waals surface area contributed by atoms with E-state index in [2.05, 4.69) is 10.6 Å². The van der Waals surface area contributed by atoms with Crippen LogP contribution in [0.5, 0.6) is 5.75 Å². The van der Waals surface area contributed by atoms with Gasteiger partial charge in [-0.15, -0.1) is 0 Å². The van der Waals surface area contributed by atoms with Crippen LogP contribution in [0.25, 0.3) is 0 Å². The average Bonchev–Trinajstić information content (AvgIpc) is 2.56. The molecular formula is C17H18N2O3S. The van der Waals surface area contributed by atoms with Crippen molar-refractivity contribution < 1.29 is 14.3 Å². The first kappa shape index (κ1) is 16.8. The first-order valence-electron chi connectivity index (χ1n) is 7.11. The van der Waals surface area contributed by atoms with Crippen molar-refractivity contribution in [2.24, 2.45) is 0 Å². The lowest BCUT2D eigenvalue weighted by Gasteiger charge is -2.11. The molecular weight excluding hydrogens is 312 g/mol. The maximum absolute atomic E-state index is 11.6. The van der Waals surface area contributed by atoms with Gasteiger partial charge in [0.15, 0.2) is 5.11 Å². The molecule has 0 bridgehead atoms. The quantitative estimate of drug-likeness (QED) is 0.644. The maximum Gasteiger partial charge on any atom is 0.338 e. The van der Waals surface area contributed by atoms with Crippen LogP contribution in [-0.2, 0) is 4.74 Å². The third-order valence-electron chi connectivity index (χ3n) is 3.00. The molecule has 0 spiro atoms. The fourth-order valence-corrected chi connectivity index (χ4v) is 2.11. The van der Waals surface area contributed by atoms with E-state index in [0.29, 0.717) is 17.3 Å². The van der Waals surface area contributed by atoms with Crippen molar-refractivity contribution in [3.05, 3.63) is 54.1 Å². The van der Waals surface area contributed by atoms with E-state index in [4.69, 9.17) is 21.7 Å². The van der Waals surface area contributed by atoms with Crippen molar-refractivity contribution in [3.8, 4) is 5.75 Å². The molecule has 2 N–H and O–H groups in total. The first-order chi connectivity index (χ1) is 11.1. The van der Waals surface area contributed by atoms with Gasteiger partial charge in [-0.1, -0.05) is 0 Å². The Morgan fingerprint density at radius 1 is 1.00 bits per heavy atom. The first-order valence-corrected chi connectivity index (χ1v) is 7.52. The zero-order chi connectivity index (χ0) is 16.7.